The van der Waals surface area contributed by atoms with E-state index < -0.39 is 14.2 Å². The summed E-state index contributed by atoms with van der Waals surface area (Å²) >= 11 is 17.8. The molecule has 1 amide bonds. The molecule has 1 heterocycles. The number of nitrogens with one attached hydrogen (secondary N) is 1. The van der Waals surface area contributed by atoms with Crippen LogP contribution in [0.25, 0.3) is 0 Å². The fraction of sp³-hybridized carbons (Fsp3) is 0.353. The van der Waals surface area contributed by atoms with Crippen molar-refractivity contribution in [2.45, 2.75) is 38.9 Å². The fourth-order valence-electron chi connectivity index (χ4n) is 1.79. The first-order chi connectivity index (χ1) is 11.9. The number of anilines is 1. The molecule has 2 aromatic rings. The van der Waals surface area contributed by atoms with Crippen LogP contribution in [0.3, 0.4) is 0 Å². The minimum Gasteiger partial charge on any atom is -0.543 e. The first-order valence-corrected chi connectivity index (χ1v) is 11.9. The summed E-state index contributed by atoms with van der Waals surface area (Å²) in [6.07, 6.45) is 1.26. The minimum absolute atomic E-state index is 0.0330. The number of benzene rings is 1. The van der Waals surface area contributed by atoms with Crippen molar-refractivity contribution in [3.8, 4) is 5.75 Å². The van der Waals surface area contributed by atoms with Crippen LogP contribution >= 0.6 is 34.8 Å². The lowest BCUT2D eigenvalue weighted by molar-refractivity contribution is 0.102. The molecule has 1 aromatic heterocycles. The molecule has 1 N–H and O–H groups in total. The maximum Gasteiger partial charge on any atom is 0.260 e. The molecule has 0 atom stereocenters. The van der Waals surface area contributed by atoms with Crippen molar-refractivity contribution in [1.29, 1.82) is 0 Å². The van der Waals surface area contributed by atoms with Gasteiger partial charge in [0, 0.05) is 12.3 Å². The number of carbonyl (C=O) groups is 1. The summed E-state index contributed by atoms with van der Waals surface area (Å²) in [6, 6.07) is 5.17. The molecule has 0 saturated carbocycles. The van der Waals surface area contributed by atoms with Crippen molar-refractivity contribution in [2.24, 2.45) is 0 Å². The third-order valence-corrected chi connectivity index (χ3v) is 9.48. The van der Waals surface area contributed by atoms with E-state index in [1.165, 1.54) is 6.20 Å². The summed E-state index contributed by atoms with van der Waals surface area (Å²) in [6.45, 7) is 10.7. The van der Waals surface area contributed by atoms with Crippen LogP contribution in [0.15, 0.2) is 24.4 Å². The molecule has 0 radical (unpaired) electrons. The van der Waals surface area contributed by atoms with Gasteiger partial charge < -0.3 is 9.74 Å². The second-order valence-electron chi connectivity index (χ2n) is 7.30. The van der Waals surface area contributed by atoms with E-state index in [2.05, 4.69) is 49.1 Å². The van der Waals surface area contributed by atoms with E-state index >= 15 is 0 Å². The highest BCUT2D eigenvalue weighted by molar-refractivity contribution is 6.74. The fourth-order valence-corrected chi connectivity index (χ4v) is 3.37. The van der Waals surface area contributed by atoms with Gasteiger partial charge in [-0.3, -0.25) is 4.79 Å². The van der Waals surface area contributed by atoms with Gasteiger partial charge in [-0.25, -0.2) is 9.97 Å². The molecule has 0 aliphatic heterocycles. The van der Waals surface area contributed by atoms with Crippen molar-refractivity contribution >= 4 is 54.7 Å². The topological polar surface area (TPSA) is 64.1 Å². The lowest BCUT2D eigenvalue weighted by Crippen LogP contribution is -2.43. The normalized spacial score (nSPS) is 12.0. The average Bonchev–Trinajstić information content (AvgIpc) is 2.49. The van der Waals surface area contributed by atoms with Crippen LogP contribution in [0.5, 0.6) is 5.75 Å². The van der Waals surface area contributed by atoms with Gasteiger partial charge >= 0.3 is 0 Å². The molecule has 0 aliphatic carbocycles. The van der Waals surface area contributed by atoms with E-state index in [-0.39, 0.29) is 21.0 Å². The number of aromatic nitrogens is 2. The van der Waals surface area contributed by atoms with E-state index in [1.807, 2.05) is 0 Å². The largest absolute Gasteiger partial charge is 0.543 e. The Morgan fingerprint density at radius 1 is 1.19 bits per heavy atom. The number of amides is 1. The lowest BCUT2D eigenvalue weighted by atomic mass is 10.2. The zero-order valence-electron chi connectivity index (χ0n) is 15.2. The number of rotatable bonds is 4. The first-order valence-electron chi connectivity index (χ1n) is 7.89. The van der Waals surface area contributed by atoms with Gasteiger partial charge in [0.1, 0.15) is 10.9 Å². The van der Waals surface area contributed by atoms with Gasteiger partial charge in [0.25, 0.3) is 5.91 Å². The van der Waals surface area contributed by atoms with Crippen LogP contribution in [0.1, 0.15) is 31.1 Å². The van der Waals surface area contributed by atoms with Crippen molar-refractivity contribution in [2.75, 3.05) is 5.32 Å². The summed E-state index contributed by atoms with van der Waals surface area (Å²) in [4.78, 5) is 20.0. The summed E-state index contributed by atoms with van der Waals surface area (Å²) in [5, 5.41) is 3.07. The number of halogens is 3. The summed E-state index contributed by atoms with van der Waals surface area (Å²) < 4.78 is 6.25. The average molecular weight is 433 g/mol. The first kappa shape index (κ1) is 21.0. The predicted octanol–water partition coefficient (Wildman–Crippen LogP) is 6.07. The molecule has 0 aliphatic rings. The molecule has 0 bridgehead atoms. The lowest BCUT2D eigenvalue weighted by Gasteiger charge is -2.36. The Balaban J connectivity index is 2.26. The van der Waals surface area contributed by atoms with Crippen molar-refractivity contribution in [3.05, 3.63) is 45.4 Å². The predicted molar refractivity (Wildman–Crippen MR) is 109 cm³/mol. The molecule has 140 valence electrons. The van der Waals surface area contributed by atoms with Crippen LogP contribution in [0.4, 0.5) is 5.69 Å². The molecular weight excluding hydrogens is 413 g/mol. The van der Waals surface area contributed by atoms with Gasteiger partial charge in [0.2, 0.25) is 13.6 Å². The van der Waals surface area contributed by atoms with E-state index in [4.69, 9.17) is 39.2 Å². The SMILES string of the molecule is CC(C)(C)[Si](C)(C)Oc1ccc(Cl)c(NC(=O)c2cnc(Cl)nc2Cl)c1. The Kier molecular flexibility index (Phi) is 6.23. The highest BCUT2D eigenvalue weighted by atomic mass is 35.5. The zero-order chi connectivity index (χ0) is 19.7. The number of hydrogen-bond acceptors (Lipinski definition) is 4. The second kappa shape index (κ2) is 7.72. The summed E-state index contributed by atoms with van der Waals surface area (Å²) in [5.74, 6) is 0.160. The van der Waals surface area contributed by atoms with Gasteiger partial charge in [-0.2, -0.15) is 0 Å². The Hall–Kier alpha value is -1.34. The van der Waals surface area contributed by atoms with Gasteiger partial charge in [0.15, 0.2) is 0 Å². The van der Waals surface area contributed by atoms with E-state index in [9.17, 15) is 4.79 Å². The van der Waals surface area contributed by atoms with Crippen molar-refractivity contribution in [1.82, 2.24) is 9.97 Å². The Morgan fingerprint density at radius 2 is 1.85 bits per heavy atom. The van der Waals surface area contributed by atoms with Gasteiger partial charge in [-0.1, -0.05) is 44.0 Å². The smallest absolute Gasteiger partial charge is 0.260 e. The Labute approximate surface area is 169 Å². The number of carbonyl (C=O) groups excluding carboxylic acids is 1. The van der Waals surface area contributed by atoms with E-state index in [1.54, 1.807) is 18.2 Å². The van der Waals surface area contributed by atoms with E-state index in [0.717, 1.165) is 0 Å². The third kappa shape index (κ3) is 4.88. The maximum absolute atomic E-state index is 12.4. The summed E-state index contributed by atoms with van der Waals surface area (Å²) in [5.41, 5.74) is 0.516. The molecular formula is C17H20Cl3N3O2Si. The standard InChI is InChI=1S/C17H20Cl3N3O2Si/c1-17(2,3)26(4,5)25-10-6-7-12(18)13(8-10)22-15(24)11-9-21-16(20)23-14(11)19/h6-9H,1-5H3,(H,22,24). The Morgan fingerprint density at radius 3 is 2.42 bits per heavy atom. The van der Waals surface area contributed by atoms with Gasteiger partial charge in [0.05, 0.1) is 16.3 Å². The molecule has 0 spiro atoms. The highest BCUT2D eigenvalue weighted by Crippen LogP contribution is 2.38. The van der Waals surface area contributed by atoms with E-state index in [0.29, 0.717) is 16.5 Å². The van der Waals surface area contributed by atoms with Crippen LogP contribution < -0.4 is 9.74 Å². The van der Waals surface area contributed by atoms with Crippen molar-refractivity contribution in [3.63, 3.8) is 0 Å². The molecule has 9 heteroatoms. The molecule has 0 saturated heterocycles. The number of hydrogen-bond donors (Lipinski definition) is 1. The highest BCUT2D eigenvalue weighted by Gasteiger charge is 2.39. The molecule has 0 fully saturated rings. The van der Waals surface area contributed by atoms with Gasteiger partial charge in [-0.05, 0) is 41.9 Å². The monoisotopic (exact) mass is 431 g/mol. The molecule has 2 rings (SSSR count). The van der Waals surface area contributed by atoms with Crippen LogP contribution in [-0.4, -0.2) is 24.2 Å². The molecule has 1 aromatic carbocycles. The third-order valence-electron chi connectivity index (χ3n) is 4.32. The number of nitrogens with zero attached hydrogens (tertiary/aromatic N) is 2. The van der Waals surface area contributed by atoms with Crippen LogP contribution in [-0.2, 0) is 0 Å². The Bertz CT molecular complexity index is 838. The quantitative estimate of drug-likeness (QED) is 0.361. The second-order valence-corrected chi connectivity index (χ2v) is 13.1. The zero-order valence-corrected chi connectivity index (χ0v) is 18.4. The molecule has 5 nitrogen and oxygen atoms in total. The molecule has 0 unspecified atom stereocenters. The molecule has 26 heavy (non-hydrogen) atoms. The van der Waals surface area contributed by atoms with Crippen LogP contribution in [0, 0.1) is 0 Å². The van der Waals surface area contributed by atoms with Gasteiger partial charge in [-0.15, -0.1) is 0 Å². The summed E-state index contributed by atoms with van der Waals surface area (Å²) in [7, 11) is -2.02. The minimum atomic E-state index is -2.02. The maximum atomic E-state index is 12.4. The van der Waals surface area contributed by atoms with Crippen LogP contribution in [0.2, 0.25) is 33.6 Å². The van der Waals surface area contributed by atoms with Crippen molar-refractivity contribution < 1.29 is 9.22 Å².